The van der Waals surface area contributed by atoms with Gasteiger partial charge in [-0.15, -0.1) is 0 Å². The number of alkyl carbamates (subject to hydrolysis) is 1. The van der Waals surface area contributed by atoms with Crippen molar-refractivity contribution < 1.29 is 24.2 Å². The fourth-order valence-electron chi connectivity index (χ4n) is 3.54. The van der Waals surface area contributed by atoms with Gasteiger partial charge in [0.1, 0.15) is 23.4 Å². The summed E-state index contributed by atoms with van der Waals surface area (Å²) in [5.41, 5.74) is 0.683. The molecule has 0 saturated heterocycles. The zero-order chi connectivity index (χ0) is 26.0. The van der Waals surface area contributed by atoms with E-state index in [0.717, 1.165) is 12.0 Å². The number of hydrogen-bond donors (Lipinski definition) is 3. The topological polar surface area (TPSA) is 108 Å². The maximum absolute atomic E-state index is 13.5. The van der Waals surface area contributed by atoms with E-state index in [1.165, 1.54) is 17.0 Å². The van der Waals surface area contributed by atoms with Gasteiger partial charge in [-0.2, -0.15) is 0 Å². The number of carbonyl (C=O) groups is 3. The van der Waals surface area contributed by atoms with Crippen molar-refractivity contribution >= 4 is 17.9 Å². The maximum Gasteiger partial charge on any atom is 0.408 e. The molecule has 190 valence electrons. The SMILES string of the molecule is CCCCN(C(=O)C(C)NC(=O)OC(C)(C)C)C(C(=O)NCc1ccccc1)c1cccc(O)c1. The molecule has 0 aliphatic rings. The molecule has 2 unspecified atom stereocenters. The lowest BCUT2D eigenvalue weighted by Crippen LogP contribution is -2.52. The van der Waals surface area contributed by atoms with Crippen molar-refractivity contribution in [2.75, 3.05) is 6.54 Å². The van der Waals surface area contributed by atoms with Crippen molar-refractivity contribution in [2.45, 2.75) is 71.7 Å². The molecule has 2 rings (SSSR count). The van der Waals surface area contributed by atoms with Crippen LogP contribution in [0.3, 0.4) is 0 Å². The summed E-state index contributed by atoms with van der Waals surface area (Å²) in [5, 5.41) is 15.6. The first-order valence-electron chi connectivity index (χ1n) is 11.9. The zero-order valence-corrected chi connectivity index (χ0v) is 21.2. The fraction of sp³-hybridized carbons (Fsp3) is 0.444. The van der Waals surface area contributed by atoms with Crippen LogP contribution >= 0.6 is 0 Å². The summed E-state index contributed by atoms with van der Waals surface area (Å²) in [6, 6.07) is 13.9. The number of phenolic OH excluding ortho intramolecular Hbond substituents is 1. The van der Waals surface area contributed by atoms with Crippen molar-refractivity contribution in [3.8, 4) is 5.75 Å². The molecule has 0 heterocycles. The predicted molar refractivity (Wildman–Crippen MR) is 135 cm³/mol. The summed E-state index contributed by atoms with van der Waals surface area (Å²) in [6.07, 6.45) is 0.749. The average molecular weight is 484 g/mol. The smallest absolute Gasteiger partial charge is 0.408 e. The Balaban J connectivity index is 2.33. The molecule has 2 atom stereocenters. The number of aromatic hydroxyl groups is 1. The molecule has 0 saturated carbocycles. The molecule has 35 heavy (non-hydrogen) atoms. The van der Waals surface area contributed by atoms with Crippen LogP contribution in [0, 0.1) is 0 Å². The lowest BCUT2D eigenvalue weighted by Gasteiger charge is -2.33. The lowest BCUT2D eigenvalue weighted by molar-refractivity contribution is -0.142. The minimum Gasteiger partial charge on any atom is -0.508 e. The quantitative estimate of drug-likeness (QED) is 0.467. The largest absolute Gasteiger partial charge is 0.508 e. The van der Waals surface area contributed by atoms with Gasteiger partial charge in [-0.25, -0.2) is 4.79 Å². The number of carbonyl (C=O) groups excluding carboxylic acids is 3. The second-order valence-corrected chi connectivity index (χ2v) is 9.45. The minimum atomic E-state index is -0.993. The first kappa shape index (κ1) is 27.7. The second-order valence-electron chi connectivity index (χ2n) is 9.45. The Hall–Kier alpha value is -3.55. The van der Waals surface area contributed by atoms with Gasteiger partial charge in [0.2, 0.25) is 11.8 Å². The van der Waals surface area contributed by atoms with Crippen LogP contribution in [0.15, 0.2) is 54.6 Å². The number of nitrogens with zero attached hydrogens (tertiary/aromatic N) is 1. The molecular weight excluding hydrogens is 446 g/mol. The molecule has 3 amide bonds. The van der Waals surface area contributed by atoms with E-state index in [-0.39, 0.29) is 18.2 Å². The van der Waals surface area contributed by atoms with Gasteiger partial charge >= 0.3 is 6.09 Å². The van der Waals surface area contributed by atoms with Crippen LogP contribution in [0.4, 0.5) is 4.79 Å². The molecule has 2 aromatic carbocycles. The molecule has 2 aromatic rings. The van der Waals surface area contributed by atoms with Crippen LogP contribution in [-0.4, -0.2) is 46.1 Å². The van der Waals surface area contributed by atoms with E-state index in [1.807, 2.05) is 37.3 Å². The molecular formula is C27H37N3O5. The third-order valence-electron chi connectivity index (χ3n) is 5.19. The first-order chi connectivity index (χ1) is 16.5. The van der Waals surface area contributed by atoms with Crippen molar-refractivity contribution in [1.82, 2.24) is 15.5 Å². The van der Waals surface area contributed by atoms with Crippen molar-refractivity contribution in [2.24, 2.45) is 0 Å². The molecule has 0 fully saturated rings. The number of nitrogens with one attached hydrogen (secondary N) is 2. The maximum atomic E-state index is 13.5. The molecule has 8 nitrogen and oxygen atoms in total. The van der Waals surface area contributed by atoms with Gasteiger partial charge in [-0.1, -0.05) is 55.8 Å². The van der Waals surface area contributed by atoms with Gasteiger partial charge in [0, 0.05) is 13.1 Å². The van der Waals surface area contributed by atoms with Crippen molar-refractivity contribution in [1.29, 1.82) is 0 Å². The van der Waals surface area contributed by atoms with Crippen LogP contribution in [0.5, 0.6) is 5.75 Å². The molecule has 3 N–H and O–H groups in total. The molecule has 0 bridgehead atoms. The normalized spacial score (nSPS) is 12.8. The fourth-order valence-corrected chi connectivity index (χ4v) is 3.54. The molecule has 0 aliphatic heterocycles. The van der Waals surface area contributed by atoms with Gasteiger partial charge in [-0.05, 0) is 57.4 Å². The Bertz CT molecular complexity index is 988. The number of benzene rings is 2. The van der Waals surface area contributed by atoms with Gasteiger partial charge in [0.25, 0.3) is 0 Å². The van der Waals surface area contributed by atoms with Crippen LogP contribution in [0.2, 0.25) is 0 Å². The number of rotatable bonds is 10. The second kappa shape index (κ2) is 12.8. The Labute approximate surface area is 207 Å². The van der Waals surface area contributed by atoms with Gasteiger partial charge < -0.3 is 25.4 Å². The monoisotopic (exact) mass is 483 g/mol. The Morgan fingerprint density at radius 2 is 1.74 bits per heavy atom. The number of amides is 3. The predicted octanol–water partition coefficient (Wildman–Crippen LogP) is 4.29. The molecule has 0 aromatic heterocycles. The van der Waals surface area contributed by atoms with Crippen molar-refractivity contribution in [3.05, 3.63) is 65.7 Å². The van der Waals surface area contributed by atoms with E-state index < -0.39 is 29.7 Å². The number of ether oxygens (including phenoxy) is 1. The van der Waals surface area contributed by atoms with Gasteiger partial charge in [0.15, 0.2) is 0 Å². The highest BCUT2D eigenvalue weighted by Crippen LogP contribution is 2.26. The third kappa shape index (κ3) is 8.96. The summed E-state index contributed by atoms with van der Waals surface area (Å²) < 4.78 is 5.28. The van der Waals surface area contributed by atoms with Crippen LogP contribution in [0.25, 0.3) is 0 Å². The van der Waals surface area contributed by atoms with Crippen LogP contribution < -0.4 is 10.6 Å². The highest BCUT2D eigenvalue weighted by atomic mass is 16.6. The average Bonchev–Trinajstić information content (AvgIpc) is 2.79. The van der Waals surface area contributed by atoms with Crippen LogP contribution in [-0.2, 0) is 20.9 Å². The first-order valence-corrected chi connectivity index (χ1v) is 11.9. The summed E-state index contributed by atoms with van der Waals surface area (Å²) in [6.45, 7) is 9.35. The van der Waals surface area contributed by atoms with E-state index in [4.69, 9.17) is 4.74 Å². The standard InChI is InChI=1S/C27H37N3O5/c1-6-7-16-30(25(33)19(2)29-26(34)35-27(3,4)5)23(21-14-11-15-22(31)17-21)24(32)28-18-20-12-9-8-10-13-20/h8-15,17,19,23,31H,6-7,16,18H2,1-5H3,(H,28,32)(H,29,34). The summed E-state index contributed by atoms with van der Waals surface area (Å²) in [5.74, 6) is -0.813. The van der Waals surface area contributed by atoms with E-state index in [0.29, 0.717) is 18.5 Å². The molecule has 8 heteroatoms. The van der Waals surface area contributed by atoms with E-state index in [9.17, 15) is 19.5 Å². The van der Waals surface area contributed by atoms with Crippen molar-refractivity contribution in [3.63, 3.8) is 0 Å². The lowest BCUT2D eigenvalue weighted by atomic mass is 10.0. The van der Waals surface area contributed by atoms with Gasteiger partial charge in [-0.3, -0.25) is 9.59 Å². The molecule has 0 spiro atoms. The Morgan fingerprint density at radius 1 is 1.06 bits per heavy atom. The van der Waals surface area contributed by atoms with E-state index >= 15 is 0 Å². The highest BCUT2D eigenvalue weighted by Gasteiger charge is 2.34. The van der Waals surface area contributed by atoms with E-state index in [2.05, 4.69) is 10.6 Å². The number of hydrogen-bond acceptors (Lipinski definition) is 5. The van der Waals surface area contributed by atoms with Gasteiger partial charge in [0.05, 0.1) is 0 Å². The number of phenols is 1. The molecule has 0 aliphatic carbocycles. The highest BCUT2D eigenvalue weighted by molar-refractivity contribution is 5.92. The zero-order valence-electron chi connectivity index (χ0n) is 21.2. The van der Waals surface area contributed by atoms with E-state index in [1.54, 1.807) is 39.8 Å². The minimum absolute atomic E-state index is 0.00817. The Kier molecular flexibility index (Phi) is 10.1. The summed E-state index contributed by atoms with van der Waals surface area (Å²) >= 11 is 0. The Morgan fingerprint density at radius 3 is 2.34 bits per heavy atom. The summed E-state index contributed by atoms with van der Waals surface area (Å²) in [7, 11) is 0. The van der Waals surface area contributed by atoms with Crippen LogP contribution in [0.1, 0.15) is 64.6 Å². The number of unbranched alkanes of at least 4 members (excludes halogenated alkanes) is 1. The summed E-state index contributed by atoms with van der Waals surface area (Å²) in [4.78, 5) is 40.7. The molecule has 0 radical (unpaired) electrons. The third-order valence-corrected chi connectivity index (χ3v) is 5.19.